The Labute approximate surface area is 126 Å². The molecule has 0 aromatic heterocycles. The molecule has 1 aliphatic rings. The summed E-state index contributed by atoms with van der Waals surface area (Å²) in [6.45, 7) is 3.78. The fraction of sp³-hybridized carbons (Fsp3) is 0.625. The van der Waals surface area contributed by atoms with Crippen LogP contribution in [0, 0.1) is 0 Å². The third-order valence-electron chi connectivity index (χ3n) is 3.83. The predicted molar refractivity (Wildman–Crippen MR) is 81.5 cm³/mol. The molecule has 5 nitrogen and oxygen atoms in total. The van der Waals surface area contributed by atoms with Crippen molar-refractivity contribution in [3.8, 4) is 17.2 Å². The summed E-state index contributed by atoms with van der Waals surface area (Å²) in [4.78, 5) is 0. The monoisotopic (exact) mass is 295 g/mol. The first-order valence-electron chi connectivity index (χ1n) is 7.33. The lowest BCUT2D eigenvalue weighted by Crippen LogP contribution is -2.38. The number of nitrogens with one attached hydrogen (secondary N) is 1. The van der Waals surface area contributed by atoms with Gasteiger partial charge in [0, 0.05) is 18.7 Å². The van der Waals surface area contributed by atoms with Crippen molar-refractivity contribution in [3.05, 3.63) is 17.7 Å². The first-order valence-corrected chi connectivity index (χ1v) is 7.33. The van der Waals surface area contributed by atoms with Crippen molar-refractivity contribution in [2.45, 2.75) is 31.8 Å². The molecule has 0 spiro atoms. The molecule has 1 heterocycles. The molecule has 0 aliphatic carbocycles. The second kappa shape index (κ2) is 7.52. The molecule has 1 fully saturated rings. The normalized spacial score (nSPS) is 19.9. The lowest BCUT2D eigenvalue weighted by Gasteiger charge is -2.27. The zero-order valence-electron chi connectivity index (χ0n) is 13.3. The van der Waals surface area contributed by atoms with Gasteiger partial charge in [0.2, 0.25) is 5.75 Å². The Kier molecular flexibility index (Phi) is 5.70. The predicted octanol–water partition coefficient (Wildman–Crippen LogP) is 2.54. The standard InChI is InChI=1S/C16H25NO4/c1-11(17-13-6-5-7-21-10-13)12-8-14(18-2)16(20-4)15(9-12)19-3/h8-9,11,13,17H,5-7,10H2,1-4H3. The van der Waals surface area contributed by atoms with E-state index < -0.39 is 0 Å². The van der Waals surface area contributed by atoms with Crippen LogP contribution in [0.5, 0.6) is 17.2 Å². The van der Waals surface area contributed by atoms with E-state index in [0.29, 0.717) is 23.3 Å². The zero-order valence-corrected chi connectivity index (χ0v) is 13.3. The summed E-state index contributed by atoms with van der Waals surface area (Å²) in [7, 11) is 4.88. The van der Waals surface area contributed by atoms with E-state index in [4.69, 9.17) is 18.9 Å². The van der Waals surface area contributed by atoms with Crippen LogP contribution >= 0.6 is 0 Å². The molecule has 21 heavy (non-hydrogen) atoms. The second-order valence-corrected chi connectivity index (χ2v) is 5.26. The van der Waals surface area contributed by atoms with Crippen molar-refractivity contribution in [2.75, 3.05) is 34.5 Å². The highest BCUT2D eigenvalue weighted by molar-refractivity contribution is 5.54. The van der Waals surface area contributed by atoms with Gasteiger partial charge < -0.3 is 24.3 Å². The fourth-order valence-electron chi connectivity index (χ4n) is 2.67. The number of benzene rings is 1. The highest BCUT2D eigenvalue weighted by atomic mass is 16.5. The second-order valence-electron chi connectivity index (χ2n) is 5.26. The van der Waals surface area contributed by atoms with E-state index in [1.807, 2.05) is 12.1 Å². The summed E-state index contributed by atoms with van der Waals surface area (Å²) in [6.07, 6.45) is 2.26. The minimum Gasteiger partial charge on any atom is -0.493 e. The quantitative estimate of drug-likeness (QED) is 0.874. The molecule has 1 aliphatic heterocycles. The van der Waals surface area contributed by atoms with E-state index in [-0.39, 0.29) is 6.04 Å². The molecule has 118 valence electrons. The highest BCUT2D eigenvalue weighted by Gasteiger charge is 2.20. The van der Waals surface area contributed by atoms with Gasteiger partial charge in [-0.05, 0) is 37.5 Å². The molecule has 5 heteroatoms. The van der Waals surface area contributed by atoms with Gasteiger partial charge in [0.25, 0.3) is 0 Å². The molecule has 0 amide bonds. The molecule has 2 atom stereocenters. The van der Waals surface area contributed by atoms with Gasteiger partial charge in [-0.3, -0.25) is 0 Å². The maximum atomic E-state index is 5.51. The smallest absolute Gasteiger partial charge is 0.203 e. The van der Waals surface area contributed by atoms with E-state index in [1.54, 1.807) is 21.3 Å². The lowest BCUT2D eigenvalue weighted by atomic mass is 10.0. The molecule has 2 unspecified atom stereocenters. The average molecular weight is 295 g/mol. The molecule has 2 rings (SSSR count). The summed E-state index contributed by atoms with van der Waals surface area (Å²) in [6, 6.07) is 4.56. The summed E-state index contributed by atoms with van der Waals surface area (Å²) in [5.41, 5.74) is 1.11. The zero-order chi connectivity index (χ0) is 15.2. The van der Waals surface area contributed by atoms with Gasteiger partial charge in [-0.25, -0.2) is 0 Å². The Morgan fingerprint density at radius 2 is 1.81 bits per heavy atom. The van der Waals surface area contributed by atoms with E-state index >= 15 is 0 Å². The molecule has 1 N–H and O–H groups in total. The Morgan fingerprint density at radius 3 is 2.29 bits per heavy atom. The van der Waals surface area contributed by atoms with Gasteiger partial charge in [0.05, 0.1) is 27.9 Å². The first-order chi connectivity index (χ1) is 10.2. The van der Waals surface area contributed by atoms with Gasteiger partial charge in [-0.2, -0.15) is 0 Å². The SMILES string of the molecule is COc1cc(C(C)NC2CCCOC2)cc(OC)c1OC. The molecular formula is C16H25NO4. The Morgan fingerprint density at radius 1 is 1.14 bits per heavy atom. The third-order valence-corrected chi connectivity index (χ3v) is 3.83. The fourth-order valence-corrected chi connectivity index (χ4v) is 2.67. The van der Waals surface area contributed by atoms with E-state index in [2.05, 4.69) is 12.2 Å². The van der Waals surface area contributed by atoms with E-state index in [9.17, 15) is 0 Å². The summed E-state index contributed by atoms with van der Waals surface area (Å²) in [5.74, 6) is 1.98. The van der Waals surface area contributed by atoms with Gasteiger partial charge >= 0.3 is 0 Å². The van der Waals surface area contributed by atoms with E-state index in [1.165, 1.54) is 0 Å². The van der Waals surface area contributed by atoms with Crippen LogP contribution in [0.25, 0.3) is 0 Å². The van der Waals surface area contributed by atoms with Crippen molar-refractivity contribution in [3.63, 3.8) is 0 Å². The molecule has 1 aromatic carbocycles. The highest BCUT2D eigenvalue weighted by Crippen LogP contribution is 2.39. The number of methoxy groups -OCH3 is 3. The van der Waals surface area contributed by atoms with E-state index in [0.717, 1.165) is 31.6 Å². The molecular weight excluding hydrogens is 270 g/mol. The van der Waals surface area contributed by atoms with Crippen LogP contribution in [0.4, 0.5) is 0 Å². The largest absolute Gasteiger partial charge is 0.493 e. The van der Waals surface area contributed by atoms with Gasteiger partial charge in [0.1, 0.15) is 0 Å². The minimum atomic E-state index is 0.186. The number of hydrogen-bond acceptors (Lipinski definition) is 5. The molecule has 0 bridgehead atoms. The van der Waals surface area contributed by atoms with Gasteiger partial charge in [-0.1, -0.05) is 0 Å². The van der Waals surface area contributed by atoms with Crippen LogP contribution in [0.3, 0.4) is 0 Å². The summed E-state index contributed by atoms with van der Waals surface area (Å²) < 4.78 is 21.7. The van der Waals surface area contributed by atoms with Crippen molar-refractivity contribution in [1.82, 2.24) is 5.32 Å². The third kappa shape index (κ3) is 3.80. The van der Waals surface area contributed by atoms with Gasteiger partial charge in [0.15, 0.2) is 11.5 Å². The van der Waals surface area contributed by atoms with Crippen molar-refractivity contribution in [2.24, 2.45) is 0 Å². The Bertz CT molecular complexity index is 433. The van der Waals surface area contributed by atoms with Crippen LogP contribution in [-0.4, -0.2) is 40.6 Å². The van der Waals surface area contributed by atoms with Crippen molar-refractivity contribution in [1.29, 1.82) is 0 Å². The van der Waals surface area contributed by atoms with Crippen LogP contribution < -0.4 is 19.5 Å². The van der Waals surface area contributed by atoms with Crippen molar-refractivity contribution < 1.29 is 18.9 Å². The topological polar surface area (TPSA) is 49.0 Å². The number of ether oxygens (including phenoxy) is 4. The molecule has 0 saturated carbocycles. The molecule has 0 radical (unpaired) electrons. The maximum Gasteiger partial charge on any atom is 0.203 e. The number of hydrogen-bond donors (Lipinski definition) is 1. The van der Waals surface area contributed by atoms with Crippen LogP contribution in [0.15, 0.2) is 12.1 Å². The summed E-state index contributed by atoms with van der Waals surface area (Å²) in [5, 5.41) is 3.60. The number of rotatable bonds is 6. The first kappa shape index (κ1) is 15.9. The van der Waals surface area contributed by atoms with Crippen LogP contribution in [0.1, 0.15) is 31.4 Å². The molecule has 1 saturated heterocycles. The van der Waals surface area contributed by atoms with Gasteiger partial charge in [-0.15, -0.1) is 0 Å². The minimum absolute atomic E-state index is 0.186. The lowest BCUT2D eigenvalue weighted by molar-refractivity contribution is 0.0670. The van der Waals surface area contributed by atoms with Crippen LogP contribution in [-0.2, 0) is 4.74 Å². The summed E-state index contributed by atoms with van der Waals surface area (Å²) >= 11 is 0. The van der Waals surface area contributed by atoms with Crippen molar-refractivity contribution >= 4 is 0 Å². The van der Waals surface area contributed by atoms with Crippen LogP contribution in [0.2, 0.25) is 0 Å². The molecule has 1 aromatic rings. The Hall–Kier alpha value is -1.46. The average Bonchev–Trinajstić information content (AvgIpc) is 2.54. The maximum absolute atomic E-state index is 5.51. The Balaban J connectivity index is 2.17.